The first-order valence-electron chi connectivity index (χ1n) is 8.39. The van der Waals surface area contributed by atoms with Gasteiger partial charge in [-0.2, -0.15) is 0 Å². The van der Waals surface area contributed by atoms with E-state index in [-0.39, 0.29) is 0 Å². The van der Waals surface area contributed by atoms with E-state index in [0.717, 1.165) is 13.1 Å². The van der Waals surface area contributed by atoms with Crippen LogP contribution in [0.2, 0.25) is 0 Å². The minimum absolute atomic E-state index is 1.15. The molecule has 2 aromatic heterocycles. The second-order valence-electron chi connectivity index (χ2n) is 5.77. The van der Waals surface area contributed by atoms with E-state index in [4.69, 9.17) is 14.4 Å². The SMILES string of the molecule is CCCCn1cc[n+](C)c1.CCCCn1cc[n+](C)c1.O=P([O-])([O-])F. The van der Waals surface area contributed by atoms with Crippen LogP contribution in [0.5, 0.6) is 0 Å². The molecule has 0 aliphatic heterocycles. The third-order valence-corrected chi connectivity index (χ3v) is 3.19. The lowest BCUT2D eigenvalue weighted by Crippen LogP contribution is -2.23. The van der Waals surface area contributed by atoms with Gasteiger partial charge in [-0.15, -0.1) is 0 Å². The smallest absolute Gasteiger partial charge is 0.243 e. The number of nitrogens with zero attached hydrogens (tertiary/aromatic N) is 4. The Hall–Kier alpha value is -1.50. The molecule has 25 heavy (non-hydrogen) atoms. The van der Waals surface area contributed by atoms with Crippen molar-refractivity contribution in [3.05, 3.63) is 37.4 Å². The van der Waals surface area contributed by atoms with Crippen molar-refractivity contribution in [1.82, 2.24) is 9.13 Å². The predicted octanol–water partition coefficient (Wildman–Crippen LogP) is 1.01. The second kappa shape index (κ2) is 12.8. The Morgan fingerprint density at radius 3 is 1.44 bits per heavy atom. The lowest BCUT2D eigenvalue weighted by molar-refractivity contribution is -0.671. The van der Waals surface area contributed by atoms with Crippen molar-refractivity contribution in [3.63, 3.8) is 0 Å². The maximum absolute atomic E-state index is 10.1. The summed E-state index contributed by atoms with van der Waals surface area (Å²) in [4.78, 5) is 16.9. The topological polar surface area (TPSA) is 80.8 Å². The van der Waals surface area contributed by atoms with Gasteiger partial charge in [0.2, 0.25) is 12.7 Å². The molecule has 0 aromatic carbocycles. The average Bonchev–Trinajstić information content (AvgIpc) is 3.10. The first-order valence-corrected chi connectivity index (χ1v) is 9.82. The molecule has 0 amide bonds. The molecule has 0 fully saturated rings. The molecule has 2 heterocycles. The van der Waals surface area contributed by atoms with Crippen molar-refractivity contribution in [1.29, 1.82) is 0 Å². The highest BCUT2D eigenvalue weighted by molar-refractivity contribution is 7.42. The number of aryl methyl sites for hydroxylation is 4. The molecule has 144 valence electrons. The molecule has 0 saturated carbocycles. The Balaban J connectivity index is 0.000000368. The lowest BCUT2D eigenvalue weighted by Gasteiger charge is -2.15. The first kappa shape index (κ1) is 23.5. The van der Waals surface area contributed by atoms with Crippen molar-refractivity contribution < 1.29 is 27.7 Å². The van der Waals surface area contributed by atoms with E-state index >= 15 is 0 Å². The number of halogens is 1. The average molecular weight is 376 g/mol. The third kappa shape index (κ3) is 15.8. The van der Waals surface area contributed by atoms with E-state index in [1.807, 2.05) is 14.1 Å². The molecule has 0 aliphatic carbocycles. The van der Waals surface area contributed by atoms with Crippen LogP contribution in [0.3, 0.4) is 0 Å². The second-order valence-corrected chi connectivity index (χ2v) is 6.63. The van der Waals surface area contributed by atoms with Gasteiger partial charge in [-0.1, -0.05) is 26.7 Å². The number of hydrogen-bond donors (Lipinski definition) is 0. The summed E-state index contributed by atoms with van der Waals surface area (Å²) in [5.41, 5.74) is 0. The van der Waals surface area contributed by atoms with Gasteiger partial charge in [0.15, 0.2) is 0 Å². The van der Waals surface area contributed by atoms with Crippen molar-refractivity contribution in [2.24, 2.45) is 14.1 Å². The van der Waals surface area contributed by atoms with Crippen LogP contribution in [0.1, 0.15) is 39.5 Å². The standard InChI is InChI=1S/2C8H15N2.FH2O3P/c2*1-3-4-5-10-7-6-9(2)8-10;1-5(2,3)4/h2*6-8H,3-5H2,1-2H3;(H2,2,3,4)/q2*+1;/p-2. The van der Waals surface area contributed by atoms with Crippen molar-refractivity contribution >= 4 is 7.91 Å². The van der Waals surface area contributed by atoms with Crippen LogP contribution in [0.15, 0.2) is 37.4 Å². The van der Waals surface area contributed by atoms with Crippen LogP contribution in [0.4, 0.5) is 4.20 Å². The highest BCUT2D eigenvalue weighted by atomic mass is 31.2. The van der Waals surface area contributed by atoms with Gasteiger partial charge in [0.1, 0.15) is 32.7 Å². The summed E-state index contributed by atoms with van der Waals surface area (Å²) in [5, 5.41) is 0. The Morgan fingerprint density at radius 1 is 0.920 bits per heavy atom. The fourth-order valence-electron chi connectivity index (χ4n) is 1.95. The van der Waals surface area contributed by atoms with Gasteiger partial charge in [0, 0.05) is 0 Å². The van der Waals surface area contributed by atoms with Crippen LogP contribution >= 0.6 is 7.91 Å². The summed E-state index contributed by atoms with van der Waals surface area (Å²) < 4.78 is 27.1. The zero-order valence-corrected chi connectivity index (χ0v) is 16.4. The predicted molar refractivity (Wildman–Crippen MR) is 89.7 cm³/mol. The van der Waals surface area contributed by atoms with Gasteiger partial charge >= 0.3 is 0 Å². The number of aromatic nitrogens is 4. The molecule has 0 bridgehead atoms. The van der Waals surface area contributed by atoms with Gasteiger partial charge < -0.3 is 14.4 Å². The lowest BCUT2D eigenvalue weighted by atomic mass is 10.3. The molecule has 2 rings (SSSR count). The molecular weight excluding hydrogens is 346 g/mol. The molecule has 9 heteroatoms. The molecule has 0 aliphatic rings. The molecular formula is C16H30FN4O3P. The summed E-state index contributed by atoms with van der Waals surface area (Å²) >= 11 is 0. The van der Waals surface area contributed by atoms with Gasteiger partial charge in [0.25, 0.3) is 0 Å². The van der Waals surface area contributed by atoms with Crippen LogP contribution in [0, 0.1) is 0 Å². The normalized spacial score (nSPS) is 10.5. The van der Waals surface area contributed by atoms with Crippen LogP contribution < -0.4 is 18.9 Å². The number of rotatable bonds is 6. The maximum atomic E-state index is 10.1. The van der Waals surface area contributed by atoms with Crippen molar-refractivity contribution in [3.8, 4) is 0 Å². The van der Waals surface area contributed by atoms with Gasteiger partial charge in [-0.05, 0) is 12.8 Å². The van der Waals surface area contributed by atoms with Crippen LogP contribution in [-0.2, 0) is 31.7 Å². The largest absolute Gasteiger partial charge is 0.786 e. The summed E-state index contributed by atoms with van der Waals surface area (Å²) in [7, 11) is -1.55. The monoisotopic (exact) mass is 376 g/mol. The van der Waals surface area contributed by atoms with Crippen LogP contribution in [-0.4, -0.2) is 9.13 Å². The van der Waals surface area contributed by atoms with Crippen molar-refractivity contribution in [2.75, 3.05) is 0 Å². The third-order valence-electron chi connectivity index (χ3n) is 3.19. The molecule has 0 radical (unpaired) electrons. The number of imidazole rings is 2. The number of unbranched alkanes of at least 4 members (excludes halogenated alkanes) is 2. The summed E-state index contributed by atoms with van der Waals surface area (Å²) in [6.45, 7) is 6.72. The Morgan fingerprint density at radius 2 is 1.24 bits per heavy atom. The highest BCUT2D eigenvalue weighted by Crippen LogP contribution is 2.22. The molecule has 0 spiro atoms. The van der Waals surface area contributed by atoms with E-state index in [9.17, 15) is 4.20 Å². The van der Waals surface area contributed by atoms with Crippen LogP contribution in [0.25, 0.3) is 0 Å². The van der Waals surface area contributed by atoms with E-state index in [1.54, 1.807) is 0 Å². The maximum Gasteiger partial charge on any atom is 0.243 e. The van der Waals surface area contributed by atoms with E-state index in [0.29, 0.717) is 0 Å². The fourth-order valence-corrected chi connectivity index (χ4v) is 1.95. The van der Waals surface area contributed by atoms with E-state index in [2.05, 4.69) is 69.6 Å². The number of hydrogen-bond acceptors (Lipinski definition) is 3. The highest BCUT2D eigenvalue weighted by Gasteiger charge is 1.97. The Kier molecular flexibility index (Phi) is 12.0. The zero-order chi connectivity index (χ0) is 19.3. The molecule has 0 unspecified atom stereocenters. The Bertz CT molecular complexity index is 572. The molecule has 0 N–H and O–H groups in total. The quantitative estimate of drug-likeness (QED) is 0.557. The summed E-state index contributed by atoms with van der Waals surface area (Å²) in [6, 6.07) is 0. The van der Waals surface area contributed by atoms with Crippen molar-refractivity contribution in [2.45, 2.75) is 52.6 Å². The molecule has 2 aromatic rings. The van der Waals surface area contributed by atoms with Gasteiger partial charge in [-0.25, -0.2) is 22.5 Å². The first-order chi connectivity index (χ1) is 11.7. The van der Waals surface area contributed by atoms with Gasteiger partial charge in [-0.3, -0.25) is 0 Å². The minimum Gasteiger partial charge on any atom is -0.786 e. The summed E-state index contributed by atoms with van der Waals surface area (Å²) in [6.07, 6.45) is 17.6. The summed E-state index contributed by atoms with van der Waals surface area (Å²) in [5.74, 6) is 0. The molecule has 0 saturated heterocycles. The molecule has 0 atom stereocenters. The van der Waals surface area contributed by atoms with Gasteiger partial charge in [0.05, 0.1) is 27.2 Å². The van der Waals surface area contributed by atoms with E-state index < -0.39 is 7.91 Å². The Labute approximate surface area is 149 Å². The zero-order valence-electron chi connectivity index (χ0n) is 15.5. The minimum atomic E-state index is -5.64. The fraction of sp³-hybridized carbons (Fsp3) is 0.625. The molecule has 7 nitrogen and oxygen atoms in total. The van der Waals surface area contributed by atoms with E-state index in [1.165, 1.54) is 25.7 Å².